The normalized spacial score (nSPS) is 20.3. The van der Waals surface area contributed by atoms with E-state index in [0.717, 1.165) is 0 Å². The van der Waals surface area contributed by atoms with Gasteiger partial charge in [0.25, 0.3) is 0 Å². The predicted molar refractivity (Wildman–Crippen MR) is 42.7 cm³/mol. The van der Waals surface area contributed by atoms with Gasteiger partial charge < -0.3 is 0 Å². The highest BCUT2D eigenvalue weighted by Gasteiger charge is 2.50. The monoisotopic (exact) mass is 228 g/mol. The van der Waals surface area contributed by atoms with E-state index in [0.29, 0.717) is 0 Å². The molecule has 0 aromatic rings. The molecule has 0 heterocycles. The molecule has 0 spiro atoms. The molecule has 3 nitrogen and oxygen atoms in total. The van der Waals surface area contributed by atoms with Crippen LogP contribution in [0.15, 0.2) is 24.3 Å². The molecule has 14 heavy (non-hydrogen) atoms. The van der Waals surface area contributed by atoms with E-state index in [1.807, 2.05) is 0 Å². The van der Waals surface area contributed by atoms with E-state index >= 15 is 0 Å². The van der Waals surface area contributed by atoms with Crippen LogP contribution in [0.2, 0.25) is 0 Å². The number of alkyl halides is 3. The van der Waals surface area contributed by atoms with Crippen LogP contribution in [0, 0.1) is 0 Å². The first-order valence-corrected chi connectivity index (χ1v) is 4.96. The molecule has 0 radical (unpaired) electrons. The molecule has 1 aliphatic rings. The second kappa shape index (κ2) is 3.09. The Morgan fingerprint density at radius 3 is 2.00 bits per heavy atom. The van der Waals surface area contributed by atoms with Crippen LogP contribution in [-0.4, -0.2) is 19.5 Å². The van der Waals surface area contributed by atoms with Crippen molar-refractivity contribution in [2.75, 3.05) is 0 Å². The van der Waals surface area contributed by atoms with Crippen LogP contribution in [0.4, 0.5) is 13.2 Å². The zero-order valence-electron chi connectivity index (χ0n) is 7.08. The Hall–Kier alpha value is -0.820. The summed E-state index contributed by atoms with van der Waals surface area (Å²) in [5.41, 5.74) is -6.92. The molecule has 0 N–H and O–H groups in total. The smallest absolute Gasteiger partial charge is 0.248 e. The summed E-state index contributed by atoms with van der Waals surface area (Å²) in [5.74, 6) is 0. The van der Waals surface area contributed by atoms with Crippen molar-refractivity contribution in [2.45, 2.75) is 18.0 Å². The first kappa shape index (κ1) is 11.3. The third-order valence-electron chi connectivity index (χ3n) is 1.54. The average Bonchev–Trinajstić information content (AvgIpc) is 2.31. The summed E-state index contributed by atoms with van der Waals surface area (Å²) in [5, 5.41) is 0. The molecular formula is C7H7F3O3S. The summed E-state index contributed by atoms with van der Waals surface area (Å²) in [6.45, 7) is 1.22. The fraction of sp³-hybridized carbons (Fsp3) is 0.429. The minimum Gasteiger partial charge on any atom is -0.248 e. The van der Waals surface area contributed by atoms with Gasteiger partial charge in [0.2, 0.25) is 0 Å². The Bertz CT molecular complexity index is 365. The van der Waals surface area contributed by atoms with E-state index < -0.39 is 21.2 Å². The van der Waals surface area contributed by atoms with Crippen LogP contribution in [0.1, 0.15) is 6.92 Å². The lowest BCUT2D eigenvalue weighted by Crippen LogP contribution is -2.34. The van der Waals surface area contributed by atoms with Gasteiger partial charge in [-0.15, -0.1) is 0 Å². The van der Waals surface area contributed by atoms with Gasteiger partial charge in [0, 0.05) is 0 Å². The zero-order valence-corrected chi connectivity index (χ0v) is 7.89. The van der Waals surface area contributed by atoms with Crippen LogP contribution in [-0.2, 0) is 14.3 Å². The second-order valence-corrected chi connectivity index (χ2v) is 4.42. The van der Waals surface area contributed by atoms with Gasteiger partial charge in [0.05, 0.1) is 0 Å². The van der Waals surface area contributed by atoms with Crippen molar-refractivity contribution < 1.29 is 25.8 Å². The van der Waals surface area contributed by atoms with E-state index in [4.69, 9.17) is 0 Å². The van der Waals surface area contributed by atoms with Crippen LogP contribution in [0.25, 0.3) is 0 Å². The van der Waals surface area contributed by atoms with Crippen molar-refractivity contribution in [3.05, 3.63) is 24.3 Å². The van der Waals surface area contributed by atoms with Gasteiger partial charge >= 0.3 is 15.6 Å². The van der Waals surface area contributed by atoms with E-state index in [9.17, 15) is 21.6 Å². The maximum Gasteiger partial charge on any atom is 0.523 e. The van der Waals surface area contributed by atoms with Crippen LogP contribution in [0.5, 0.6) is 0 Å². The van der Waals surface area contributed by atoms with Crippen molar-refractivity contribution in [3.8, 4) is 0 Å². The van der Waals surface area contributed by atoms with Crippen molar-refractivity contribution >= 4 is 10.1 Å². The van der Waals surface area contributed by atoms with Gasteiger partial charge in [-0.3, -0.25) is 0 Å². The molecule has 0 bridgehead atoms. The molecule has 0 aromatic carbocycles. The van der Waals surface area contributed by atoms with Gasteiger partial charge in [0.1, 0.15) is 5.60 Å². The maximum absolute atomic E-state index is 11.9. The second-order valence-electron chi connectivity index (χ2n) is 2.89. The molecule has 0 saturated heterocycles. The van der Waals surface area contributed by atoms with Crippen molar-refractivity contribution in [3.63, 3.8) is 0 Å². The molecule has 0 unspecified atom stereocenters. The molecule has 7 heteroatoms. The molecule has 0 saturated carbocycles. The lowest BCUT2D eigenvalue weighted by Gasteiger charge is -2.20. The Labute approximate surface area is 79.0 Å². The summed E-state index contributed by atoms with van der Waals surface area (Å²) in [6, 6.07) is 0. The standard InChI is InChI=1S/C7H7F3O3S/c1-6(4-2-3-5-6)13-14(11,12)7(8,9)10/h2-5H,1H3. The lowest BCUT2D eigenvalue weighted by atomic mass is 10.1. The third kappa shape index (κ3) is 2.16. The number of rotatable bonds is 2. The van der Waals surface area contributed by atoms with Crippen molar-refractivity contribution in [1.29, 1.82) is 0 Å². The first-order valence-electron chi connectivity index (χ1n) is 3.55. The quantitative estimate of drug-likeness (QED) is 0.534. The minimum atomic E-state index is -5.54. The largest absolute Gasteiger partial charge is 0.523 e. The highest BCUT2D eigenvalue weighted by atomic mass is 32.2. The number of allylic oxidation sites excluding steroid dienone is 2. The first-order chi connectivity index (χ1) is 6.16. The minimum absolute atomic E-state index is 1.22. The van der Waals surface area contributed by atoms with E-state index in [1.54, 1.807) is 0 Å². The fourth-order valence-electron chi connectivity index (χ4n) is 0.888. The molecule has 1 aliphatic carbocycles. The van der Waals surface area contributed by atoms with Gasteiger partial charge in [-0.2, -0.15) is 21.6 Å². The van der Waals surface area contributed by atoms with Gasteiger partial charge in [-0.05, 0) is 19.1 Å². The summed E-state index contributed by atoms with van der Waals surface area (Å²) in [4.78, 5) is 0. The Balaban J connectivity index is 2.90. The van der Waals surface area contributed by atoms with Gasteiger partial charge in [-0.1, -0.05) is 12.2 Å². The highest BCUT2D eigenvalue weighted by molar-refractivity contribution is 7.87. The molecule has 0 aromatic heterocycles. The van der Waals surface area contributed by atoms with Crippen molar-refractivity contribution in [2.24, 2.45) is 0 Å². The van der Waals surface area contributed by atoms with Crippen LogP contribution in [0.3, 0.4) is 0 Å². The Kier molecular flexibility index (Phi) is 2.49. The fourth-order valence-corrected chi connectivity index (χ4v) is 1.57. The average molecular weight is 228 g/mol. The predicted octanol–water partition coefficient (Wildman–Crippen LogP) is 1.74. The Morgan fingerprint density at radius 1 is 1.21 bits per heavy atom. The van der Waals surface area contributed by atoms with E-state index in [1.165, 1.54) is 31.2 Å². The molecule has 1 rings (SSSR count). The van der Waals surface area contributed by atoms with Gasteiger partial charge in [-0.25, -0.2) is 4.18 Å². The summed E-state index contributed by atoms with van der Waals surface area (Å²) < 4.78 is 60.9. The molecule has 0 amide bonds. The molecule has 0 aliphatic heterocycles. The van der Waals surface area contributed by atoms with Gasteiger partial charge in [0.15, 0.2) is 0 Å². The topological polar surface area (TPSA) is 43.4 Å². The Morgan fingerprint density at radius 2 is 1.64 bits per heavy atom. The lowest BCUT2D eigenvalue weighted by molar-refractivity contribution is -0.0581. The number of halogens is 3. The number of hydrogen-bond donors (Lipinski definition) is 0. The van der Waals surface area contributed by atoms with Crippen LogP contribution < -0.4 is 0 Å². The van der Waals surface area contributed by atoms with E-state index in [2.05, 4.69) is 4.18 Å². The summed E-state index contributed by atoms with van der Waals surface area (Å²) in [6.07, 6.45) is 5.25. The highest BCUT2D eigenvalue weighted by Crippen LogP contribution is 2.31. The summed E-state index contributed by atoms with van der Waals surface area (Å²) >= 11 is 0. The van der Waals surface area contributed by atoms with E-state index in [-0.39, 0.29) is 0 Å². The van der Waals surface area contributed by atoms with Crippen LogP contribution >= 0.6 is 0 Å². The molecule has 80 valence electrons. The molecule has 0 fully saturated rings. The SMILES string of the molecule is CC1(OS(=O)(=O)C(F)(F)F)C=CC=C1. The summed E-state index contributed by atoms with van der Waals surface area (Å²) in [7, 11) is -5.54. The third-order valence-corrected chi connectivity index (χ3v) is 2.68. The number of hydrogen-bond acceptors (Lipinski definition) is 3. The molecular weight excluding hydrogens is 221 g/mol. The molecule has 0 atom stereocenters. The van der Waals surface area contributed by atoms with Crippen molar-refractivity contribution in [1.82, 2.24) is 0 Å². The zero-order chi connectivity index (χ0) is 11.0. The maximum atomic E-state index is 11.9.